The van der Waals surface area contributed by atoms with Gasteiger partial charge in [-0.25, -0.2) is 15.2 Å². The number of nitrogens with one attached hydrogen (secondary N) is 1. The maximum Gasteiger partial charge on any atom is 0.410 e. The van der Waals surface area contributed by atoms with Crippen LogP contribution in [-0.4, -0.2) is 35.5 Å². The summed E-state index contributed by atoms with van der Waals surface area (Å²) in [5.41, 5.74) is 6.23. The van der Waals surface area contributed by atoms with E-state index in [1.54, 1.807) is 0 Å². The van der Waals surface area contributed by atoms with E-state index < -0.39 is 43.3 Å². The third-order valence-electron chi connectivity index (χ3n) is 2.41. The first-order valence-corrected chi connectivity index (χ1v) is 5.43. The summed E-state index contributed by atoms with van der Waals surface area (Å²) in [4.78, 5) is 10.9. The van der Waals surface area contributed by atoms with E-state index in [0.29, 0.717) is 0 Å². The van der Waals surface area contributed by atoms with Gasteiger partial charge in [-0.2, -0.15) is 26.3 Å². The number of urea groups is 1. The molecule has 0 aromatic carbocycles. The average molecular weight is 295 g/mol. The zero-order chi connectivity index (χ0) is 15.4. The Morgan fingerprint density at radius 1 is 1.11 bits per heavy atom. The van der Waals surface area contributed by atoms with Gasteiger partial charge in [0.15, 0.2) is 0 Å². The molecule has 2 atom stereocenters. The van der Waals surface area contributed by atoms with Crippen LogP contribution < -0.4 is 11.2 Å². The van der Waals surface area contributed by atoms with E-state index in [2.05, 4.69) is 0 Å². The van der Waals surface area contributed by atoms with Gasteiger partial charge >= 0.3 is 18.4 Å². The Balaban J connectivity index is 5.17. The number of carbonyl (C=O) groups excluding carboxylic acids is 1. The largest absolute Gasteiger partial charge is 0.410 e. The molecule has 0 heterocycles. The lowest BCUT2D eigenvalue weighted by Crippen LogP contribution is -2.62. The summed E-state index contributed by atoms with van der Waals surface area (Å²) in [6, 6.07) is -6.32. The fourth-order valence-electron chi connectivity index (χ4n) is 1.43. The number of halogens is 6. The summed E-state index contributed by atoms with van der Waals surface area (Å²) < 4.78 is 75.3. The highest BCUT2D eigenvalue weighted by molar-refractivity contribution is 5.72. The van der Waals surface area contributed by atoms with Gasteiger partial charge in [0.1, 0.15) is 12.1 Å². The van der Waals surface area contributed by atoms with Crippen LogP contribution in [0, 0.1) is 0 Å². The lowest BCUT2D eigenvalue weighted by atomic mass is 10.2. The molecule has 10 heteroatoms. The molecular formula is C9H15F6N3O. The second kappa shape index (κ2) is 6.31. The molecule has 0 aliphatic rings. The summed E-state index contributed by atoms with van der Waals surface area (Å²) in [6.07, 6.45) is -10.8. The summed E-state index contributed by atoms with van der Waals surface area (Å²) in [6.45, 7) is 2.21. The van der Waals surface area contributed by atoms with Crippen molar-refractivity contribution in [3.8, 4) is 0 Å². The van der Waals surface area contributed by atoms with Gasteiger partial charge in [-0.3, -0.25) is 0 Å². The van der Waals surface area contributed by atoms with Gasteiger partial charge in [0.05, 0.1) is 0 Å². The molecule has 2 unspecified atom stereocenters. The number of carbonyl (C=O) groups is 1. The molecule has 2 amide bonds. The Hall–Kier alpha value is -1.19. The van der Waals surface area contributed by atoms with E-state index in [1.807, 2.05) is 0 Å². The van der Waals surface area contributed by atoms with Gasteiger partial charge in [-0.05, 0) is 12.8 Å². The molecule has 0 bridgehead atoms. The number of hydrogen-bond acceptors (Lipinski definition) is 2. The first-order valence-electron chi connectivity index (χ1n) is 5.43. The maximum absolute atomic E-state index is 12.6. The third-order valence-corrected chi connectivity index (χ3v) is 2.41. The van der Waals surface area contributed by atoms with Crippen molar-refractivity contribution in [2.24, 2.45) is 5.73 Å². The van der Waals surface area contributed by atoms with Crippen molar-refractivity contribution in [3.05, 3.63) is 0 Å². The van der Waals surface area contributed by atoms with Crippen molar-refractivity contribution in [3.63, 3.8) is 0 Å². The molecule has 0 aliphatic carbocycles. The highest BCUT2D eigenvalue weighted by Gasteiger charge is 2.47. The van der Waals surface area contributed by atoms with Gasteiger partial charge in [0.2, 0.25) is 0 Å². The van der Waals surface area contributed by atoms with Gasteiger partial charge in [-0.15, -0.1) is 0 Å². The molecule has 3 N–H and O–H groups in total. The smallest absolute Gasteiger partial charge is 0.350 e. The fraction of sp³-hybridized carbons (Fsp3) is 0.889. The van der Waals surface area contributed by atoms with Crippen LogP contribution in [0.2, 0.25) is 0 Å². The van der Waals surface area contributed by atoms with E-state index in [1.165, 1.54) is 5.43 Å². The van der Waals surface area contributed by atoms with Crippen LogP contribution in [0.15, 0.2) is 0 Å². The molecule has 0 radical (unpaired) electrons. The van der Waals surface area contributed by atoms with Gasteiger partial charge in [-0.1, -0.05) is 13.8 Å². The van der Waals surface area contributed by atoms with Crippen LogP contribution in [0.3, 0.4) is 0 Å². The second-order valence-corrected chi connectivity index (χ2v) is 3.81. The molecule has 0 saturated carbocycles. The first kappa shape index (κ1) is 17.8. The average Bonchev–Trinajstić information content (AvgIpc) is 2.19. The number of alkyl halides is 6. The number of hydrazine groups is 1. The predicted octanol–water partition coefficient (Wildman–Crippen LogP) is 2.55. The molecule has 0 rings (SSSR count). The van der Waals surface area contributed by atoms with Crippen LogP contribution in [0.1, 0.15) is 26.7 Å². The quantitative estimate of drug-likeness (QED) is 0.605. The molecule has 0 aromatic rings. The number of amides is 2. The third kappa shape index (κ3) is 5.13. The minimum atomic E-state index is -4.87. The van der Waals surface area contributed by atoms with Crippen molar-refractivity contribution in [1.82, 2.24) is 10.4 Å². The number of primary amides is 1. The SMILES string of the molecule is CCC(NN(C(N)=O)C(CC)C(F)(F)F)C(F)(F)F. The van der Waals surface area contributed by atoms with Crippen LogP contribution in [0.25, 0.3) is 0 Å². The predicted molar refractivity (Wildman–Crippen MR) is 54.8 cm³/mol. The Morgan fingerprint density at radius 2 is 1.58 bits per heavy atom. The minimum absolute atomic E-state index is 0.207. The van der Waals surface area contributed by atoms with E-state index in [-0.39, 0.29) is 5.01 Å². The van der Waals surface area contributed by atoms with Crippen molar-refractivity contribution in [2.75, 3.05) is 0 Å². The summed E-state index contributed by atoms with van der Waals surface area (Å²) in [5, 5.41) is -0.207. The zero-order valence-electron chi connectivity index (χ0n) is 10.3. The second-order valence-electron chi connectivity index (χ2n) is 3.81. The first-order chi connectivity index (χ1) is 8.45. The highest BCUT2D eigenvalue weighted by atomic mass is 19.4. The lowest BCUT2D eigenvalue weighted by Gasteiger charge is -2.34. The molecule has 19 heavy (non-hydrogen) atoms. The number of rotatable bonds is 5. The maximum atomic E-state index is 12.6. The van der Waals surface area contributed by atoms with Crippen LogP contribution in [0.5, 0.6) is 0 Å². The van der Waals surface area contributed by atoms with Gasteiger partial charge in [0.25, 0.3) is 0 Å². The standard InChI is InChI=1S/C9H15F6N3O/c1-3-5(8(10,11)12)17-18(7(16)19)6(4-2)9(13,14)15/h5-6,17H,3-4H2,1-2H3,(H2,16,19). The molecule has 0 fully saturated rings. The van der Waals surface area contributed by atoms with E-state index >= 15 is 0 Å². The lowest BCUT2D eigenvalue weighted by molar-refractivity contribution is -0.202. The summed E-state index contributed by atoms with van der Waals surface area (Å²) in [7, 11) is 0. The van der Waals surface area contributed by atoms with Gasteiger partial charge < -0.3 is 5.73 Å². The molecule has 4 nitrogen and oxygen atoms in total. The van der Waals surface area contributed by atoms with Crippen LogP contribution >= 0.6 is 0 Å². The van der Waals surface area contributed by atoms with Crippen molar-refractivity contribution in [1.29, 1.82) is 0 Å². The molecule has 0 spiro atoms. The Morgan fingerprint density at radius 3 is 1.79 bits per heavy atom. The van der Waals surface area contributed by atoms with Gasteiger partial charge in [0, 0.05) is 0 Å². The van der Waals surface area contributed by atoms with Crippen LogP contribution in [0.4, 0.5) is 31.1 Å². The van der Waals surface area contributed by atoms with Crippen LogP contribution in [-0.2, 0) is 0 Å². The van der Waals surface area contributed by atoms with E-state index in [9.17, 15) is 31.1 Å². The highest BCUT2D eigenvalue weighted by Crippen LogP contribution is 2.28. The van der Waals surface area contributed by atoms with E-state index in [0.717, 1.165) is 13.8 Å². The minimum Gasteiger partial charge on any atom is -0.350 e. The molecule has 0 aromatic heterocycles. The van der Waals surface area contributed by atoms with Crippen molar-refractivity contribution in [2.45, 2.75) is 51.1 Å². The van der Waals surface area contributed by atoms with E-state index in [4.69, 9.17) is 5.73 Å². The normalized spacial score (nSPS) is 16.0. The number of nitrogens with zero attached hydrogens (tertiary/aromatic N) is 1. The molecule has 114 valence electrons. The summed E-state index contributed by atoms with van der Waals surface area (Å²) in [5.74, 6) is 0. The topological polar surface area (TPSA) is 58.4 Å². The number of hydrogen-bond donors (Lipinski definition) is 2. The Labute approximate surface area is 105 Å². The number of nitrogens with two attached hydrogens (primary N) is 1. The van der Waals surface area contributed by atoms with Crippen molar-refractivity contribution < 1.29 is 31.1 Å². The molecule has 0 saturated heterocycles. The molecular weight excluding hydrogens is 280 g/mol. The zero-order valence-corrected chi connectivity index (χ0v) is 10.3. The fourth-order valence-corrected chi connectivity index (χ4v) is 1.43. The molecule has 0 aliphatic heterocycles. The monoisotopic (exact) mass is 295 g/mol. The Bertz CT molecular complexity index is 303. The Kier molecular flexibility index (Phi) is 5.91. The van der Waals surface area contributed by atoms with Crippen molar-refractivity contribution >= 4 is 6.03 Å². The summed E-state index contributed by atoms with van der Waals surface area (Å²) >= 11 is 0.